The molecule has 1 atom stereocenters. The number of carbonyl (C=O) groups is 1. The van der Waals surface area contributed by atoms with Crippen molar-refractivity contribution in [3.8, 4) is 0 Å². The van der Waals surface area contributed by atoms with Crippen LogP contribution in [0.5, 0.6) is 0 Å². The third-order valence-electron chi connectivity index (χ3n) is 3.04. The molecule has 2 heterocycles. The first-order valence-corrected chi connectivity index (χ1v) is 6.52. The monoisotopic (exact) mass is 254 g/mol. The lowest BCUT2D eigenvalue weighted by molar-refractivity contribution is -0.126. The van der Waals surface area contributed by atoms with E-state index in [0.717, 1.165) is 16.6 Å². The summed E-state index contributed by atoms with van der Waals surface area (Å²) in [6.45, 7) is 7.20. The van der Waals surface area contributed by atoms with Crippen LogP contribution in [-0.4, -0.2) is 29.5 Å². The third-order valence-corrected chi connectivity index (χ3v) is 4.26. The van der Waals surface area contributed by atoms with E-state index in [1.807, 2.05) is 25.7 Å². The zero-order valence-electron chi connectivity index (χ0n) is 10.4. The van der Waals surface area contributed by atoms with E-state index in [1.165, 1.54) is 0 Å². The molecular formula is C11H18N4OS. The molecule has 0 spiro atoms. The van der Waals surface area contributed by atoms with Crippen LogP contribution in [0.25, 0.3) is 0 Å². The number of hydrogen-bond donors (Lipinski definition) is 2. The average molecular weight is 254 g/mol. The highest BCUT2D eigenvalue weighted by Crippen LogP contribution is 2.31. The molecule has 1 saturated heterocycles. The topological polar surface area (TPSA) is 71.2 Å². The summed E-state index contributed by atoms with van der Waals surface area (Å²) in [5, 5.41) is 3.75. The molecule has 1 fully saturated rings. The van der Waals surface area contributed by atoms with E-state index in [2.05, 4.69) is 10.3 Å². The molecule has 0 radical (unpaired) electrons. The normalized spacial score (nSPS) is 21.2. The molecule has 17 heavy (non-hydrogen) atoms. The Bertz CT molecular complexity index is 427. The van der Waals surface area contributed by atoms with Crippen molar-refractivity contribution in [1.29, 1.82) is 0 Å². The van der Waals surface area contributed by atoms with Crippen LogP contribution in [-0.2, 0) is 4.79 Å². The van der Waals surface area contributed by atoms with Crippen molar-refractivity contribution >= 4 is 22.4 Å². The lowest BCUT2D eigenvalue weighted by atomic mass is 10.00. The Hall–Kier alpha value is -1.14. The Morgan fingerprint density at radius 1 is 1.65 bits per heavy atom. The summed E-state index contributed by atoms with van der Waals surface area (Å²) in [4.78, 5) is 19.3. The van der Waals surface area contributed by atoms with Gasteiger partial charge in [0, 0.05) is 30.2 Å². The highest BCUT2D eigenvalue weighted by molar-refractivity contribution is 7.15. The van der Waals surface area contributed by atoms with Crippen molar-refractivity contribution in [3.63, 3.8) is 0 Å². The van der Waals surface area contributed by atoms with E-state index in [1.54, 1.807) is 17.5 Å². The molecule has 1 amide bonds. The smallest absolute Gasteiger partial charge is 0.245 e. The van der Waals surface area contributed by atoms with Crippen molar-refractivity contribution in [2.45, 2.75) is 32.4 Å². The van der Waals surface area contributed by atoms with Gasteiger partial charge in [-0.05, 0) is 20.8 Å². The van der Waals surface area contributed by atoms with Crippen LogP contribution in [0.1, 0.15) is 31.7 Å². The van der Waals surface area contributed by atoms with Crippen LogP contribution in [0.4, 0.5) is 5.13 Å². The Morgan fingerprint density at radius 2 is 2.35 bits per heavy atom. The van der Waals surface area contributed by atoms with Gasteiger partial charge in [0.1, 0.15) is 5.54 Å². The predicted molar refractivity (Wildman–Crippen MR) is 69.2 cm³/mol. The summed E-state index contributed by atoms with van der Waals surface area (Å²) in [7, 11) is 0. The highest BCUT2D eigenvalue weighted by Gasteiger charge is 2.39. The van der Waals surface area contributed by atoms with Gasteiger partial charge in [-0.25, -0.2) is 4.98 Å². The first-order valence-electron chi connectivity index (χ1n) is 5.70. The number of nitrogens with two attached hydrogens (primary N) is 1. The fraction of sp³-hybridized carbons (Fsp3) is 0.636. The van der Waals surface area contributed by atoms with Gasteiger partial charge in [-0.3, -0.25) is 4.79 Å². The first-order chi connectivity index (χ1) is 7.93. The summed E-state index contributed by atoms with van der Waals surface area (Å²) >= 11 is 1.56. The third kappa shape index (κ3) is 2.14. The van der Waals surface area contributed by atoms with E-state index >= 15 is 0 Å². The van der Waals surface area contributed by atoms with Crippen molar-refractivity contribution in [3.05, 3.63) is 11.1 Å². The summed E-state index contributed by atoms with van der Waals surface area (Å²) in [5.74, 6) is 0.0429. The average Bonchev–Trinajstić information content (AvgIpc) is 2.71. The van der Waals surface area contributed by atoms with E-state index in [0.29, 0.717) is 6.54 Å². The Labute approximate surface area is 105 Å². The number of piperazine rings is 1. The lowest BCUT2D eigenvalue weighted by Gasteiger charge is -2.41. The molecule has 0 aromatic carbocycles. The molecule has 6 heteroatoms. The molecule has 0 saturated carbocycles. The van der Waals surface area contributed by atoms with Gasteiger partial charge in [0.25, 0.3) is 0 Å². The molecule has 0 aliphatic carbocycles. The molecule has 94 valence electrons. The summed E-state index contributed by atoms with van der Waals surface area (Å²) < 4.78 is 0. The zero-order valence-corrected chi connectivity index (χ0v) is 11.2. The van der Waals surface area contributed by atoms with Gasteiger partial charge in [-0.15, -0.1) is 11.3 Å². The van der Waals surface area contributed by atoms with Crippen molar-refractivity contribution in [2.75, 3.05) is 18.0 Å². The molecule has 1 aliphatic rings. The van der Waals surface area contributed by atoms with Gasteiger partial charge >= 0.3 is 0 Å². The molecule has 3 N–H and O–H groups in total. The first kappa shape index (κ1) is 12.3. The largest absolute Gasteiger partial charge is 0.352 e. The summed E-state index contributed by atoms with van der Waals surface area (Å²) in [6, 6.07) is -0.0111. The van der Waals surface area contributed by atoms with Crippen molar-refractivity contribution in [2.24, 2.45) is 5.73 Å². The van der Waals surface area contributed by atoms with Gasteiger partial charge in [-0.1, -0.05) is 0 Å². The minimum Gasteiger partial charge on any atom is -0.352 e. The number of amides is 1. The van der Waals surface area contributed by atoms with E-state index in [4.69, 9.17) is 5.73 Å². The number of aromatic nitrogens is 1. The van der Waals surface area contributed by atoms with Gasteiger partial charge in [0.05, 0.1) is 0 Å². The second-order valence-electron chi connectivity index (χ2n) is 4.80. The van der Waals surface area contributed by atoms with Crippen molar-refractivity contribution in [1.82, 2.24) is 10.3 Å². The molecule has 1 aliphatic heterocycles. The van der Waals surface area contributed by atoms with E-state index in [9.17, 15) is 4.79 Å². The Balaban J connectivity index is 2.28. The zero-order chi connectivity index (χ0) is 12.6. The van der Waals surface area contributed by atoms with Crippen LogP contribution in [0.2, 0.25) is 0 Å². The maximum absolute atomic E-state index is 11.8. The maximum atomic E-state index is 11.8. The highest BCUT2D eigenvalue weighted by atomic mass is 32.1. The van der Waals surface area contributed by atoms with Gasteiger partial charge in [-0.2, -0.15) is 0 Å². The molecule has 1 unspecified atom stereocenters. The lowest BCUT2D eigenvalue weighted by Crippen LogP contribution is -2.62. The number of nitrogens with one attached hydrogen (secondary N) is 1. The number of nitrogens with zero attached hydrogens (tertiary/aromatic N) is 2. The Morgan fingerprint density at radius 3 is 2.94 bits per heavy atom. The van der Waals surface area contributed by atoms with E-state index in [-0.39, 0.29) is 11.9 Å². The van der Waals surface area contributed by atoms with Gasteiger partial charge < -0.3 is 16.0 Å². The molecular weight excluding hydrogens is 236 g/mol. The molecule has 5 nitrogen and oxygen atoms in total. The van der Waals surface area contributed by atoms with Crippen LogP contribution < -0.4 is 16.0 Å². The summed E-state index contributed by atoms with van der Waals surface area (Å²) in [5.41, 5.74) is 5.27. The fourth-order valence-electron chi connectivity index (χ4n) is 1.85. The van der Waals surface area contributed by atoms with Crippen LogP contribution in [0, 0.1) is 0 Å². The minimum absolute atomic E-state index is 0.0111. The molecule has 2 rings (SSSR count). The van der Waals surface area contributed by atoms with Crippen LogP contribution in [0.3, 0.4) is 0 Å². The van der Waals surface area contributed by atoms with Gasteiger partial charge in [0.2, 0.25) is 5.91 Å². The number of anilines is 1. The van der Waals surface area contributed by atoms with Crippen molar-refractivity contribution < 1.29 is 4.79 Å². The second-order valence-corrected chi connectivity index (χ2v) is 5.84. The SMILES string of the molecule is CC(N)c1cnc(N2CCNC(=O)C2(C)C)s1. The fourth-order valence-corrected chi connectivity index (χ4v) is 2.88. The minimum atomic E-state index is -0.550. The van der Waals surface area contributed by atoms with Gasteiger partial charge in [0.15, 0.2) is 5.13 Å². The Kier molecular flexibility index (Phi) is 3.09. The molecule has 1 aromatic heterocycles. The molecule has 1 aromatic rings. The predicted octanol–water partition coefficient (Wildman–Crippen LogP) is 0.878. The number of rotatable bonds is 2. The maximum Gasteiger partial charge on any atom is 0.245 e. The number of carbonyl (C=O) groups excluding carboxylic acids is 1. The van der Waals surface area contributed by atoms with Crippen LogP contribution in [0.15, 0.2) is 6.20 Å². The van der Waals surface area contributed by atoms with E-state index < -0.39 is 5.54 Å². The second kappa shape index (κ2) is 4.27. The number of hydrogen-bond acceptors (Lipinski definition) is 5. The molecule has 0 bridgehead atoms. The number of thiazole rings is 1. The quantitative estimate of drug-likeness (QED) is 0.822. The van der Waals surface area contributed by atoms with Crippen LogP contribution >= 0.6 is 11.3 Å². The summed E-state index contributed by atoms with van der Waals surface area (Å²) in [6.07, 6.45) is 1.80. The standard InChI is InChI=1S/C11H18N4OS/c1-7(12)8-6-14-10(17-8)15-5-4-13-9(16)11(15,2)3/h6-7H,4-5,12H2,1-3H3,(H,13,16).